The van der Waals surface area contributed by atoms with Crippen molar-refractivity contribution >= 4 is 10.1 Å². The number of hydrogen-bond donors (Lipinski definition) is 1. The molecule has 1 aliphatic heterocycles. The number of benzene rings is 1. The molecule has 0 spiro atoms. The van der Waals surface area contributed by atoms with E-state index in [1.54, 1.807) is 18.2 Å². The van der Waals surface area contributed by atoms with Crippen molar-refractivity contribution in [1.29, 1.82) is 0 Å². The normalized spacial score (nSPS) is 15.5. The van der Waals surface area contributed by atoms with Gasteiger partial charge in [-0.2, -0.15) is 8.42 Å². The molecule has 2 rings (SSSR count). The fourth-order valence-corrected chi connectivity index (χ4v) is 1.60. The average Bonchev–Trinajstić information content (AvgIpc) is 2.76. The van der Waals surface area contributed by atoms with Crippen LogP contribution in [-0.4, -0.2) is 26.2 Å². The Morgan fingerprint density at radius 2 is 1.60 bits per heavy atom. The molecule has 0 bridgehead atoms. The van der Waals surface area contributed by atoms with Gasteiger partial charge in [0.15, 0.2) is 0 Å². The maximum Gasteiger partial charge on any atom is 0.294 e. The van der Waals surface area contributed by atoms with Crippen molar-refractivity contribution in [2.45, 2.75) is 17.7 Å². The molecule has 0 aromatic heterocycles. The van der Waals surface area contributed by atoms with Crippen molar-refractivity contribution in [3.05, 3.63) is 30.3 Å². The first kappa shape index (κ1) is 12.2. The van der Waals surface area contributed by atoms with Gasteiger partial charge < -0.3 is 4.74 Å². The lowest BCUT2D eigenvalue weighted by molar-refractivity contribution is 0.198. The summed E-state index contributed by atoms with van der Waals surface area (Å²) < 4.78 is 34.2. The zero-order valence-electron chi connectivity index (χ0n) is 8.30. The summed E-state index contributed by atoms with van der Waals surface area (Å²) in [6.07, 6.45) is 2.56. The fraction of sp³-hybridized carbons (Fsp3) is 0.400. The molecule has 1 aromatic carbocycles. The van der Waals surface area contributed by atoms with E-state index in [1.165, 1.54) is 25.0 Å². The summed E-state index contributed by atoms with van der Waals surface area (Å²) in [5, 5.41) is 0. The molecule has 0 radical (unpaired) electrons. The highest BCUT2D eigenvalue weighted by molar-refractivity contribution is 7.85. The lowest BCUT2D eigenvalue weighted by Gasteiger charge is -1.92. The number of rotatable bonds is 1. The molecule has 1 fully saturated rings. The molecule has 0 amide bonds. The third-order valence-corrected chi connectivity index (χ3v) is 2.74. The van der Waals surface area contributed by atoms with Gasteiger partial charge in [0.2, 0.25) is 0 Å². The van der Waals surface area contributed by atoms with Gasteiger partial charge in [-0.3, -0.25) is 4.55 Å². The predicted octanol–water partition coefficient (Wildman–Crippen LogP) is 1.73. The zero-order chi connectivity index (χ0) is 11.1. The van der Waals surface area contributed by atoms with Crippen molar-refractivity contribution in [1.82, 2.24) is 0 Å². The van der Waals surface area contributed by atoms with E-state index in [9.17, 15) is 8.42 Å². The van der Waals surface area contributed by atoms with Crippen LogP contribution in [0.1, 0.15) is 12.8 Å². The third-order valence-electron chi connectivity index (χ3n) is 1.87. The Kier molecular flexibility index (Phi) is 4.74. The van der Waals surface area contributed by atoms with Crippen LogP contribution >= 0.6 is 0 Å². The van der Waals surface area contributed by atoms with E-state index in [1.807, 2.05) is 0 Å². The first-order valence-corrected chi connectivity index (χ1v) is 6.15. The van der Waals surface area contributed by atoms with Crippen LogP contribution in [0.5, 0.6) is 0 Å². The van der Waals surface area contributed by atoms with Crippen molar-refractivity contribution in [2.24, 2.45) is 0 Å². The second-order valence-corrected chi connectivity index (χ2v) is 4.53. The van der Waals surface area contributed by atoms with Crippen LogP contribution in [0.2, 0.25) is 0 Å². The molecular weight excluding hydrogens is 216 g/mol. The van der Waals surface area contributed by atoms with Crippen LogP contribution in [0.15, 0.2) is 35.2 Å². The third kappa shape index (κ3) is 4.92. The highest BCUT2D eigenvalue weighted by Gasteiger charge is 2.05. The average molecular weight is 230 g/mol. The highest BCUT2D eigenvalue weighted by atomic mass is 32.2. The molecule has 0 aliphatic carbocycles. The topological polar surface area (TPSA) is 63.6 Å². The quantitative estimate of drug-likeness (QED) is 0.746. The van der Waals surface area contributed by atoms with Gasteiger partial charge in [-0.25, -0.2) is 0 Å². The smallest absolute Gasteiger partial charge is 0.294 e. The molecule has 1 N–H and O–H groups in total. The van der Waals surface area contributed by atoms with Crippen LogP contribution in [-0.2, 0) is 14.9 Å². The van der Waals surface area contributed by atoms with E-state index in [0.717, 1.165) is 13.2 Å². The Morgan fingerprint density at radius 3 is 1.87 bits per heavy atom. The summed E-state index contributed by atoms with van der Waals surface area (Å²) in [4.78, 5) is -0.0741. The summed E-state index contributed by atoms with van der Waals surface area (Å²) in [5.41, 5.74) is 0. The Hall–Kier alpha value is -0.910. The van der Waals surface area contributed by atoms with E-state index in [0.29, 0.717) is 0 Å². The summed E-state index contributed by atoms with van der Waals surface area (Å²) in [6, 6.07) is 7.42. The molecule has 4 nitrogen and oxygen atoms in total. The standard InChI is InChI=1S/C6H6O3S.C4H8O/c7-10(8,9)6-4-2-1-3-5-6;1-2-4-5-3-1/h1-5H,(H,7,8,9);1-4H2. The second kappa shape index (κ2) is 5.85. The number of hydrogen-bond acceptors (Lipinski definition) is 3. The lowest BCUT2D eigenvalue weighted by atomic mass is 10.4. The van der Waals surface area contributed by atoms with Gasteiger partial charge in [0.25, 0.3) is 10.1 Å². The zero-order valence-corrected chi connectivity index (χ0v) is 9.11. The van der Waals surface area contributed by atoms with Gasteiger partial charge in [-0.1, -0.05) is 18.2 Å². The molecule has 0 unspecified atom stereocenters. The maximum atomic E-state index is 10.4. The molecular formula is C10H14O4S. The maximum absolute atomic E-state index is 10.4. The van der Waals surface area contributed by atoms with Crippen molar-refractivity contribution in [3.63, 3.8) is 0 Å². The van der Waals surface area contributed by atoms with E-state index in [-0.39, 0.29) is 4.90 Å². The fourth-order valence-electron chi connectivity index (χ4n) is 1.10. The minimum Gasteiger partial charge on any atom is -0.381 e. The van der Waals surface area contributed by atoms with Crippen molar-refractivity contribution in [2.75, 3.05) is 13.2 Å². The van der Waals surface area contributed by atoms with E-state index >= 15 is 0 Å². The lowest BCUT2D eigenvalue weighted by Crippen LogP contribution is -1.96. The largest absolute Gasteiger partial charge is 0.381 e. The Bertz CT molecular complexity index is 360. The highest BCUT2D eigenvalue weighted by Crippen LogP contribution is 2.05. The van der Waals surface area contributed by atoms with Crippen LogP contribution in [0.25, 0.3) is 0 Å². The summed E-state index contributed by atoms with van der Waals surface area (Å²) in [6.45, 7) is 2.00. The molecule has 0 saturated carbocycles. The van der Waals surface area contributed by atoms with Gasteiger partial charge in [0.05, 0.1) is 4.90 Å². The molecule has 0 atom stereocenters. The Labute approximate surface area is 89.6 Å². The molecule has 1 aromatic rings. The van der Waals surface area contributed by atoms with Gasteiger partial charge in [-0.15, -0.1) is 0 Å². The predicted molar refractivity (Wildman–Crippen MR) is 56.3 cm³/mol. The van der Waals surface area contributed by atoms with Crippen molar-refractivity contribution < 1.29 is 17.7 Å². The van der Waals surface area contributed by atoms with Crippen LogP contribution in [0, 0.1) is 0 Å². The van der Waals surface area contributed by atoms with Crippen LogP contribution in [0.3, 0.4) is 0 Å². The minimum absolute atomic E-state index is 0.0741. The first-order valence-electron chi connectivity index (χ1n) is 4.71. The minimum atomic E-state index is -4.00. The van der Waals surface area contributed by atoms with Crippen molar-refractivity contribution in [3.8, 4) is 0 Å². The van der Waals surface area contributed by atoms with Gasteiger partial charge >= 0.3 is 0 Å². The summed E-state index contributed by atoms with van der Waals surface area (Å²) in [7, 11) is -4.00. The molecule has 1 saturated heterocycles. The van der Waals surface area contributed by atoms with E-state index in [2.05, 4.69) is 0 Å². The molecule has 5 heteroatoms. The summed E-state index contributed by atoms with van der Waals surface area (Å²) in [5.74, 6) is 0. The molecule has 84 valence electrons. The van der Waals surface area contributed by atoms with Gasteiger partial charge in [0, 0.05) is 13.2 Å². The molecule has 1 aliphatic rings. The van der Waals surface area contributed by atoms with E-state index in [4.69, 9.17) is 9.29 Å². The number of ether oxygens (including phenoxy) is 1. The SMILES string of the molecule is C1CCOC1.O=S(=O)(O)c1ccccc1. The first-order chi connectivity index (χ1) is 7.11. The van der Waals surface area contributed by atoms with Gasteiger partial charge in [-0.05, 0) is 25.0 Å². The summed E-state index contributed by atoms with van der Waals surface area (Å²) >= 11 is 0. The van der Waals surface area contributed by atoms with E-state index < -0.39 is 10.1 Å². The van der Waals surface area contributed by atoms with Gasteiger partial charge in [0.1, 0.15) is 0 Å². The Balaban J connectivity index is 0.000000187. The molecule has 1 heterocycles. The second-order valence-electron chi connectivity index (χ2n) is 3.11. The monoisotopic (exact) mass is 230 g/mol. The Morgan fingerprint density at radius 1 is 1.07 bits per heavy atom. The molecule has 15 heavy (non-hydrogen) atoms. The van der Waals surface area contributed by atoms with Crippen LogP contribution in [0.4, 0.5) is 0 Å². The van der Waals surface area contributed by atoms with Crippen LogP contribution < -0.4 is 0 Å².